The summed E-state index contributed by atoms with van der Waals surface area (Å²) in [5.41, 5.74) is 0. The van der Waals surface area contributed by atoms with Gasteiger partial charge in [0.2, 0.25) is 0 Å². The maximum absolute atomic E-state index is 3.31. The number of nitrogens with zero attached hydrogens (tertiary/aromatic N) is 1. The summed E-state index contributed by atoms with van der Waals surface area (Å²) in [4.78, 5) is 2.45. The molecule has 0 aliphatic carbocycles. The van der Waals surface area contributed by atoms with E-state index in [4.69, 9.17) is 0 Å². The first-order chi connectivity index (χ1) is 3.93. The van der Waals surface area contributed by atoms with Crippen LogP contribution in [-0.2, 0) is 0 Å². The number of hydrogen-bond donors (Lipinski definition) is 1. The standard InChI is InChI=1S/C6H14N2.H2/c1-2-8-5-3-7-4-6-8;/h7H,2-6H2,1H3;1H. The SMILES string of the molecule is CCN1CCNCC1.[HH]. The second-order valence-corrected chi connectivity index (χ2v) is 2.18. The highest BCUT2D eigenvalue weighted by Gasteiger charge is 2.04. The minimum absolute atomic E-state index is 0. The van der Waals surface area contributed by atoms with Gasteiger partial charge in [0.15, 0.2) is 0 Å². The highest BCUT2D eigenvalue weighted by Crippen LogP contribution is 1.88. The van der Waals surface area contributed by atoms with Crippen LogP contribution in [-0.4, -0.2) is 37.6 Å². The highest BCUT2D eigenvalue weighted by atomic mass is 15.2. The zero-order valence-corrected chi connectivity index (χ0v) is 5.48. The third-order valence-corrected chi connectivity index (χ3v) is 1.66. The molecule has 0 aromatic heterocycles. The lowest BCUT2D eigenvalue weighted by molar-refractivity contribution is 0.253. The second kappa shape index (κ2) is 3.05. The topological polar surface area (TPSA) is 15.3 Å². The second-order valence-electron chi connectivity index (χ2n) is 2.18. The zero-order chi connectivity index (χ0) is 5.82. The first-order valence-electron chi connectivity index (χ1n) is 3.36. The molecular formula is C6H16N2. The van der Waals surface area contributed by atoms with E-state index in [0.717, 1.165) is 0 Å². The van der Waals surface area contributed by atoms with Gasteiger partial charge >= 0.3 is 0 Å². The third-order valence-electron chi connectivity index (χ3n) is 1.66. The number of rotatable bonds is 1. The molecule has 50 valence electrons. The normalized spacial score (nSPS) is 23.6. The lowest BCUT2D eigenvalue weighted by Gasteiger charge is -2.25. The van der Waals surface area contributed by atoms with Crippen molar-refractivity contribution in [2.24, 2.45) is 0 Å². The van der Waals surface area contributed by atoms with Gasteiger partial charge in [0.1, 0.15) is 0 Å². The van der Waals surface area contributed by atoms with Crippen LogP contribution in [0.4, 0.5) is 0 Å². The lowest BCUT2D eigenvalue weighted by Crippen LogP contribution is -2.43. The average molecular weight is 116 g/mol. The van der Waals surface area contributed by atoms with Crippen molar-refractivity contribution in [3.05, 3.63) is 0 Å². The summed E-state index contributed by atoms with van der Waals surface area (Å²) in [5.74, 6) is 0. The van der Waals surface area contributed by atoms with Gasteiger partial charge in [-0.15, -0.1) is 0 Å². The molecule has 1 fully saturated rings. The molecule has 1 saturated heterocycles. The molecule has 1 N–H and O–H groups in total. The Morgan fingerprint density at radius 2 is 2.12 bits per heavy atom. The molecule has 2 nitrogen and oxygen atoms in total. The molecule has 0 unspecified atom stereocenters. The fraction of sp³-hybridized carbons (Fsp3) is 1.00. The van der Waals surface area contributed by atoms with Crippen molar-refractivity contribution in [1.29, 1.82) is 0 Å². The van der Waals surface area contributed by atoms with Crippen LogP contribution in [0, 0.1) is 0 Å². The van der Waals surface area contributed by atoms with Gasteiger partial charge in [-0.25, -0.2) is 0 Å². The van der Waals surface area contributed by atoms with E-state index in [-0.39, 0.29) is 1.43 Å². The molecule has 1 aliphatic heterocycles. The molecule has 2 heteroatoms. The van der Waals surface area contributed by atoms with E-state index in [0.29, 0.717) is 0 Å². The lowest BCUT2D eigenvalue weighted by atomic mass is 10.4. The molecule has 1 rings (SSSR count). The van der Waals surface area contributed by atoms with Crippen molar-refractivity contribution in [3.8, 4) is 0 Å². The van der Waals surface area contributed by atoms with Crippen molar-refractivity contribution in [2.45, 2.75) is 6.92 Å². The van der Waals surface area contributed by atoms with E-state index in [2.05, 4.69) is 17.1 Å². The average Bonchev–Trinajstić information content (AvgIpc) is 1.90. The molecule has 0 saturated carbocycles. The number of hydrogen-bond acceptors (Lipinski definition) is 2. The molecule has 0 spiro atoms. The molecule has 0 atom stereocenters. The van der Waals surface area contributed by atoms with E-state index in [1.165, 1.54) is 32.7 Å². The molecule has 1 aliphatic rings. The molecule has 0 bridgehead atoms. The fourth-order valence-electron chi connectivity index (χ4n) is 1.03. The van der Waals surface area contributed by atoms with E-state index in [1.807, 2.05) is 0 Å². The summed E-state index contributed by atoms with van der Waals surface area (Å²) < 4.78 is 0. The molecule has 1 heterocycles. The van der Waals surface area contributed by atoms with E-state index in [1.54, 1.807) is 0 Å². The van der Waals surface area contributed by atoms with Crippen molar-refractivity contribution >= 4 is 0 Å². The zero-order valence-electron chi connectivity index (χ0n) is 5.48. The van der Waals surface area contributed by atoms with Crippen molar-refractivity contribution in [2.75, 3.05) is 32.7 Å². The quantitative estimate of drug-likeness (QED) is 0.525. The monoisotopic (exact) mass is 116 g/mol. The Balaban J connectivity index is 0.000000640. The molecule has 0 aromatic rings. The Hall–Kier alpha value is -0.0800. The first kappa shape index (κ1) is 6.05. The smallest absolute Gasteiger partial charge is 0.0107 e. The van der Waals surface area contributed by atoms with Crippen LogP contribution in [0.25, 0.3) is 0 Å². The van der Waals surface area contributed by atoms with Gasteiger partial charge in [0, 0.05) is 27.6 Å². The molecule has 0 amide bonds. The van der Waals surface area contributed by atoms with Crippen LogP contribution in [0.15, 0.2) is 0 Å². The minimum atomic E-state index is 0. The predicted molar refractivity (Wildman–Crippen MR) is 37.1 cm³/mol. The number of nitrogens with one attached hydrogen (secondary N) is 1. The van der Waals surface area contributed by atoms with E-state index in [9.17, 15) is 0 Å². The molecule has 0 aromatic carbocycles. The van der Waals surface area contributed by atoms with Gasteiger partial charge in [-0.3, -0.25) is 0 Å². The van der Waals surface area contributed by atoms with Gasteiger partial charge in [0.25, 0.3) is 0 Å². The van der Waals surface area contributed by atoms with Crippen molar-refractivity contribution in [1.82, 2.24) is 10.2 Å². The Kier molecular flexibility index (Phi) is 2.30. The van der Waals surface area contributed by atoms with Crippen LogP contribution in [0.2, 0.25) is 0 Å². The van der Waals surface area contributed by atoms with Crippen LogP contribution in [0.3, 0.4) is 0 Å². The van der Waals surface area contributed by atoms with Crippen LogP contribution in [0.1, 0.15) is 8.35 Å². The third kappa shape index (κ3) is 1.46. The number of piperazine rings is 1. The Morgan fingerprint density at radius 1 is 1.50 bits per heavy atom. The Labute approximate surface area is 52.4 Å². The summed E-state index contributed by atoms with van der Waals surface area (Å²) in [6.07, 6.45) is 0. The van der Waals surface area contributed by atoms with Gasteiger partial charge < -0.3 is 10.2 Å². The molecule has 0 radical (unpaired) electrons. The number of likely N-dealkylation sites (N-methyl/N-ethyl adjacent to an activating group) is 1. The maximum Gasteiger partial charge on any atom is 0.0107 e. The molecule has 8 heavy (non-hydrogen) atoms. The Morgan fingerprint density at radius 3 is 2.50 bits per heavy atom. The summed E-state index contributed by atoms with van der Waals surface area (Å²) >= 11 is 0. The maximum atomic E-state index is 3.31. The molecular weight excluding hydrogens is 100 g/mol. The summed E-state index contributed by atoms with van der Waals surface area (Å²) in [7, 11) is 0. The summed E-state index contributed by atoms with van der Waals surface area (Å²) in [6.45, 7) is 8.24. The minimum Gasteiger partial charge on any atom is -0.314 e. The summed E-state index contributed by atoms with van der Waals surface area (Å²) in [5, 5.41) is 3.31. The van der Waals surface area contributed by atoms with E-state index < -0.39 is 0 Å². The van der Waals surface area contributed by atoms with Gasteiger partial charge in [0.05, 0.1) is 0 Å². The van der Waals surface area contributed by atoms with Gasteiger partial charge in [-0.05, 0) is 6.54 Å². The van der Waals surface area contributed by atoms with Crippen LogP contribution >= 0.6 is 0 Å². The van der Waals surface area contributed by atoms with Gasteiger partial charge in [-0.1, -0.05) is 6.92 Å². The van der Waals surface area contributed by atoms with Crippen LogP contribution < -0.4 is 5.32 Å². The largest absolute Gasteiger partial charge is 0.314 e. The Bertz CT molecular complexity index is 62.1. The fourth-order valence-corrected chi connectivity index (χ4v) is 1.03. The summed E-state index contributed by atoms with van der Waals surface area (Å²) in [6, 6.07) is 0. The first-order valence-corrected chi connectivity index (χ1v) is 3.36. The highest BCUT2D eigenvalue weighted by molar-refractivity contribution is 4.64. The van der Waals surface area contributed by atoms with Crippen molar-refractivity contribution < 1.29 is 1.43 Å². The predicted octanol–water partition coefficient (Wildman–Crippen LogP) is 0.158. The van der Waals surface area contributed by atoms with Crippen LogP contribution in [0.5, 0.6) is 0 Å². The van der Waals surface area contributed by atoms with E-state index >= 15 is 0 Å². The van der Waals surface area contributed by atoms with Crippen molar-refractivity contribution in [3.63, 3.8) is 0 Å². The van der Waals surface area contributed by atoms with Gasteiger partial charge in [-0.2, -0.15) is 0 Å².